The van der Waals surface area contributed by atoms with Gasteiger partial charge in [-0.25, -0.2) is 0 Å². The van der Waals surface area contributed by atoms with Gasteiger partial charge in [0, 0.05) is 12.0 Å². The van der Waals surface area contributed by atoms with Crippen LogP contribution in [0.3, 0.4) is 0 Å². The van der Waals surface area contributed by atoms with Crippen LogP contribution in [0.1, 0.15) is 27.2 Å². The summed E-state index contributed by atoms with van der Waals surface area (Å²) >= 11 is 0. The van der Waals surface area contributed by atoms with Crippen LogP contribution in [0.2, 0.25) is 0 Å². The molecule has 0 aliphatic carbocycles. The normalized spacial score (nSPS) is 11.2. The van der Waals surface area contributed by atoms with Crippen LogP contribution in [0.25, 0.3) is 0 Å². The summed E-state index contributed by atoms with van der Waals surface area (Å²) in [5.74, 6) is 0.105. The van der Waals surface area contributed by atoms with E-state index in [1.807, 2.05) is 13.8 Å². The Labute approximate surface area is 66.3 Å². The van der Waals surface area contributed by atoms with Gasteiger partial charge in [-0.05, 0) is 20.8 Å². The number of ketones is 1. The minimum Gasteiger partial charge on any atom is -0.300 e. The van der Waals surface area contributed by atoms with Crippen molar-refractivity contribution in [3.63, 3.8) is 0 Å². The number of carbonyl (C=O) groups is 1. The molecule has 0 aliphatic rings. The third-order valence-corrected chi connectivity index (χ3v) is 1.31. The molecule has 0 aromatic heterocycles. The molecule has 0 heterocycles. The van der Waals surface area contributed by atoms with Crippen molar-refractivity contribution in [2.75, 3.05) is 6.67 Å². The van der Waals surface area contributed by atoms with Gasteiger partial charge in [0.15, 0.2) is 0 Å². The van der Waals surface area contributed by atoms with Crippen molar-refractivity contribution < 1.29 is 4.79 Å². The highest BCUT2D eigenvalue weighted by Gasteiger charge is 2.18. The fraction of sp³-hybridized carbons (Fsp3) is 0.857. The highest BCUT2D eigenvalue weighted by atomic mass is 16.3. The zero-order valence-corrected chi connectivity index (χ0v) is 7.18. The van der Waals surface area contributed by atoms with Crippen molar-refractivity contribution in [1.29, 1.82) is 0 Å². The Hall–Kier alpha value is -0.770. The number of nitrogens with zero attached hydrogens (tertiary/aromatic N) is 1. The third kappa shape index (κ3) is 5.66. The predicted octanol–water partition coefficient (Wildman–Crippen LogP) is 1.06. The molecular formula is C7H14N2O2. The van der Waals surface area contributed by atoms with Crippen molar-refractivity contribution >= 4 is 5.78 Å². The molecule has 4 heteroatoms. The molecule has 0 rings (SSSR count). The first-order chi connectivity index (χ1) is 4.98. The Morgan fingerprint density at radius 1 is 1.55 bits per heavy atom. The van der Waals surface area contributed by atoms with E-state index in [2.05, 4.69) is 10.5 Å². The second-order valence-electron chi connectivity index (χ2n) is 3.23. The third-order valence-electron chi connectivity index (χ3n) is 1.31. The lowest BCUT2D eigenvalue weighted by Gasteiger charge is -2.22. The van der Waals surface area contributed by atoms with Crippen LogP contribution < -0.4 is 5.32 Å². The fourth-order valence-electron chi connectivity index (χ4n) is 0.931. The lowest BCUT2D eigenvalue weighted by Crippen LogP contribution is -2.40. The van der Waals surface area contributed by atoms with Crippen LogP contribution in [0.5, 0.6) is 0 Å². The number of nitrogens with one attached hydrogen (secondary N) is 1. The van der Waals surface area contributed by atoms with E-state index in [1.54, 1.807) is 0 Å². The summed E-state index contributed by atoms with van der Waals surface area (Å²) in [6, 6.07) is 0. The van der Waals surface area contributed by atoms with Gasteiger partial charge < -0.3 is 0 Å². The number of hydrogen-bond acceptors (Lipinski definition) is 4. The molecule has 4 nitrogen and oxygen atoms in total. The summed E-state index contributed by atoms with van der Waals surface area (Å²) in [5.41, 5.74) is -0.320. The predicted molar refractivity (Wildman–Crippen MR) is 43.2 cm³/mol. The average molecular weight is 158 g/mol. The molecule has 64 valence electrons. The van der Waals surface area contributed by atoms with E-state index in [4.69, 9.17) is 0 Å². The Kier molecular flexibility index (Phi) is 3.89. The Balaban J connectivity index is 3.78. The number of rotatable bonds is 5. The van der Waals surface area contributed by atoms with Gasteiger partial charge in [0.25, 0.3) is 0 Å². The molecule has 0 atom stereocenters. The molecular weight excluding hydrogens is 144 g/mol. The minimum absolute atomic E-state index is 0.0558. The standard InChI is InChI=1S/C7H14N2O2/c1-6(10)4-7(2,3)8-5-9-11/h8H,4-5H2,1-3H3. The summed E-state index contributed by atoms with van der Waals surface area (Å²) in [4.78, 5) is 20.4. The molecule has 0 aliphatic heterocycles. The number of carbonyl (C=O) groups excluding carboxylic acids is 1. The Bertz CT molecular complexity index is 155. The van der Waals surface area contributed by atoms with Crippen LogP contribution in [0.4, 0.5) is 0 Å². The van der Waals surface area contributed by atoms with Gasteiger partial charge in [0.05, 0.1) is 0 Å². The lowest BCUT2D eigenvalue weighted by molar-refractivity contribution is -0.118. The van der Waals surface area contributed by atoms with Crippen molar-refractivity contribution in [1.82, 2.24) is 5.32 Å². The molecule has 0 saturated carbocycles. The molecule has 0 saturated heterocycles. The maximum absolute atomic E-state index is 10.7. The Morgan fingerprint density at radius 3 is 2.45 bits per heavy atom. The molecule has 11 heavy (non-hydrogen) atoms. The first-order valence-corrected chi connectivity index (χ1v) is 3.51. The number of hydrogen-bond donors (Lipinski definition) is 1. The molecule has 0 fully saturated rings. The van der Waals surface area contributed by atoms with Crippen molar-refractivity contribution in [3.8, 4) is 0 Å². The van der Waals surface area contributed by atoms with E-state index in [0.29, 0.717) is 6.42 Å². The zero-order valence-electron chi connectivity index (χ0n) is 7.18. The van der Waals surface area contributed by atoms with Gasteiger partial charge in [0.2, 0.25) is 0 Å². The quantitative estimate of drug-likeness (QED) is 0.608. The summed E-state index contributed by atoms with van der Waals surface area (Å²) in [5, 5.41) is 5.50. The molecule has 0 bridgehead atoms. The zero-order chi connectivity index (χ0) is 8.91. The minimum atomic E-state index is -0.320. The van der Waals surface area contributed by atoms with Crippen molar-refractivity contribution in [2.45, 2.75) is 32.7 Å². The van der Waals surface area contributed by atoms with E-state index in [9.17, 15) is 9.70 Å². The summed E-state index contributed by atoms with van der Waals surface area (Å²) in [7, 11) is 0. The van der Waals surface area contributed by atoms with E-state index >= 15 is 0 Å². The fourth-order valence-corrected chi connectivity index (χ4v) is 0.931. The average Bonchev–Trinajstić information content (AvgIpc) is 1.81. The Morgan fingerprint density at radius 2 is 2.09 bits per heavy atom. The van der Waals surface area contributed by atoms with Crippen LogP contribution >= 0.6 is 0 Å². The van der Waals surface area contributed by atoms with Crippen LogP contribution in [-0.2, 0) is 4.79 Å². The SMILES string of the molecule is CC(=O)CC(C)(C)NCN=O. The van der Waals surface area contributed by atoms with E-state index < -0.39 is 0 Å². The van der Waals surface area contributed by atoms with Crippen molar-refractivity contribution in [3.05, 3.63) is 4.91 Å². The van der Waals surface area contributed by atoms with Gasteiger partial charge >= 0.3 is 0 Å². The van der Waals surface area contributed by atoms with Crippen molar-refractivity contribution in [2.24, 2.45) is 5.18 Å². The van der Waals surface area contributed by atoms with Crippen LogP contribution in [0, 0.1) is 4.91 Å². The largest absolute Gasteiger partial charge is 0.300 e. The number of nitroso groups, excluding NO2 is 1. The highest BCUT2D eigenvalue weighted by Crippen LogP contribution is 2.07. The molecule has 0 unspecified atom stereocenters. The van der Waals surface area contributed by atoms with Gasteiger partial charge in [-0.1, -0.05) is 5.18 Å². The molecule has 0 aromatic carbocycles. The van der Waals surface area contributed by atoms with E-state index in [1.165, 1.54) is 6.92 Å². The molecule has 0 spiro atoms. The maximum Gasteiger partial charge on any atom is 0.131 e. The number of Topliss-reactive ketones (excluding diaryl/α,β-unsaturated/α-hetero) is 1. The van der Waals surface area contributed by atoms with E-state index in [0.717, 1.165) is 0 Å². The summed E-state index contributed by atoms with van der Waals surface area (Å²) < 4.78 is 0. The van der Waals surface area contributed by atoms with Crippen LogP contribution in [0.15, 0.2) is 5.18 Å². The van der Waals surface area contributed by atoms with Crippen LogP contribution in [-0.4, -0.2) is 18.0 Å². The smallest absolute Gasteiger partial charge is 0.131 e. The first-order valence-electron chi connectivity index (χ1n) is 3.51. The first kappa shape index (κ1) is 10.2. The van der Waals surface area contributed by atoms with Gasteiger partial charge in [-0.3, -0.25) is 10.1 Å². The monoisotopic (exact) mass is 158 g/mol. The highest BCUT2D eigenvalue weighted by molar-refractivity contribution is 5.76. The lowest BCUT2D eigenvalue weighted by atomic mass is 9.99. The molecule has 0 aromatic rings. The maximum atomic E-state index is 10.7. The topological polar surface area (TPSA) is 58.5 Å². The molecule has 0 radical (unpaired) electrons. The summed E-state index contributed by atoms with van der Waals surface area (Å²) in [6.07, 6.45) is 0.419. The van der Waals surface area contributed by atoms with E-state index in [-0.39, 0.29) is 18.0 Å². The second kappa shape index (κ2) is 4.18. The second-order valence-corrected chi connectivity index (χ2v) is 3.23. The van der Waals surface area contributed by atoms with Gasteiger partial charge in [0.1, 0.15) is 12.5 Å². The van der Waals surface area contributed by atoms with Gasteiger partial charge in [-0.15, -0.1) is 4.91 Å². The molecule has 0 amide bonds. The molecule has 1 N–H and O–H groups in total. The summed E-state index contributed by atoms with van der Waals surface area (Å²) in [6.45, 7) is 5.30. The van der Waals surface area contributed by atoms with Gasteiger partial charge in [-0.2, -0.15) is 0 Å².